The van der Waals surface area contributed by atoms with E-state index in [2.05, 4.69) is 5.10 Å². The molecule has 0 fully saturated rings. The van der Waals surface area contributed by atoms with Crippen molar-refractivity contribution in [3.8, 4) is 22.6 Å². The number of halogens is 1. The van der Waals surface area contributed by atoms with Crippen LogP contribution < -0.4 is 9.47 Å². The topological polar surface area (TPSA) is 69.7 Å². The van der Waals surface area contributed by atoms with Crippen LogP contribution in [0.3, 0.4) is 0 Å². The van der Waals surface area contributed by atoms with Gasteiger partial charge in [0, 0.05) is 24.2 Å². The van der Waals surface area contributed by atoms with Gasteiger partial charge in [-0.3, -0.25) is 9.48 Å². The number of furan rings is 1. The highest BCUT2D eigenvalue weighted by molar-refractivity contribution is 6.30. The van der Waals surface area contributed by atoms with Crippen LogP contribution in [-0.2, 0) is 20.2 Å². The van der Waals surface area contributed by atoms with Crippen LogP contribution in [0, 0.1) is 6.92 Å². The fourth-order valence-corrected chi connectivity index (χ4v) is 4.31. The minimum Gasteiger partial charge on any atom is -0.487 e. The van der Waals surface area contributed by atoms with Gasteiger partial charge in [0.2, 0.25) is 0 Å². The Morgan fingerprint density at radius 3 is 2.76 bits per heavy atom. The van der Waals surface area contributed by atoms with E-state index in [1.165, 1.54) is 0 Å². The Labute approximate surface area is 202 Å². The molecule has 0 unspecified atom stereocenters. The third-order valence-corrected chi connectivity index (χ3v) is 5.95. The summed E-state index contributed by atoms with van der Waals surface area (Å²) < 4.78 is 19.3. The summed E-state index contributed by atoms with van der Waals surface area (Å²) in [4.78, 5) is 15.1. The van der Waals surface area contributed by atoms with Crippen molar-refractivity contribution >= 4 is 17.5 Å². The van der Waals surface area contributed by atoms with Gasteiger partial charge in [-0.05, 0) is 60.5 Å². The quantitative estimate of drug-likeness (QED) is 0.392. The smallest absolute Gasteiger partial charge is 0.272 e. The predicted molar refractivity (Wildman–Crippen MR) is 128 cm³/mol. The normalized spacial score (nSPS) is 13.2. The van der Waals surface area contributed by atoms with Crippen LogP contribution in [0.1, 0.15) is 27.5 Å². The number of nitrogens with zero attached hydrogens (tertiary/aromatic N) is 3. The third kappa shape index (κ3) is 4.52. The van der Waals surface area contributed by atoms with Gasteiger partial charge in [0.1, 0.15) is 24.7 Å². The summed E-state index contributed by atoms with van der Waals surface area (Å²) >= 11 is 6.25. The lowest BCUT2D eigenvalue weighted by Crippen LogP contribution is -2.33. The third-order valence-electron chi connectivity index (χ3n) is 5.72. The summed E-state index contributed by atoms with van der Waals surface area (Å²) in [6, 6.07) is 17.1. The number of carbonyl (C=O) groups excluding carboxylic acids is 1. The van der Waals surface area contributed by atoms with Crippen molar-refractivity contribution in [1.29, 1.82) is 0 Å². The van der Waals surface area contributed by atoms with E-state index < -0.39 is 0 Å². The minimum atomic E-state index is -0.0919. The number of carbonyl (C=O) groups is 1. The molecule has 0 spiro atoms. The first-order valence-electron chi connectivity index (χ1n) is 11.0. The monoisotopic (exact) mass is 477 g/mol. The molecule has 0 atom stereocenters. The SMILES string of the molecule is Cc1cc(C(=O)N2CCOc3c(cc(-c4cccc(Cl)c4)cc3OCc3ccco3)C2)n(C)n1. The molecule has 8 heteroatoms. The summed E-state index contributed by atoms with van der Waals surface area (Å²) in [6.07, 6.45) is 1.61. The highest BCUT2D eigenvalue weighted by Gasteiger charge is 2.26. The summed E-state index contributed by atoms with van der Waals surface area (Å²) in [6.45, 7) is 3.31. The Kier molecular flexibility index (Phi) is 6.02. The van der Waals surface area contributed by atoms with Crippen molar-refractivity contribution in [3.05, 3.63) is 88.6 Å². The molecule has 0 N–H and O–H groups in total. The average Bonchev–Trinajstić information content (AvgIpc) is 3.40. The second kappa shape index (κ2) is 9.27. The number of hydrogen-bond acceptors (Lipinski definition) is 5. The minimum absolute atomic E-state index is 0.0919. The predicted octanol–water partition coefficient (Wildman–Crippen LogP) is 5.26. The number of rotatable bonds is 5. The number of amides is 1. The molecule has 0 saturated heterocycles. The van der Waals surface area contributed by atoms with Gasteiger partial charge in [-0.25, -0.2) is 0 Å². The van der Waals surface area contributed by atoms with Crippen molar-refractivity contribution in [2.24, 2.45) is 7.05 Å². The maximum absolute atomic E-state index is 13.3. The Balaban J connectivity index is 1.52. The number of aryl methyl sites for hydroxylation is 2. The summed E-state index contributed by atoms with van der Waals surface area (Å²) in [5, 5.41) is 4.96. The van der Waals surface area contributed by atoms with Crippen LogP contribution in [0.15, 0.2) is 65.3 Å². The van der Waals surface area contributed by atoms with Crippen LogP contribution in [0.2, 0.25) is 5.02 Å². The fraction of sp³-hybridized carbons (Fsp3) is 0.231. The van der Waals surface area contributed by atoms with E-state index in [1.54, 1.807) is 29.0 Å². The highest BCUT2D eigenvalue weighted by atomic mass is 35.5. The molecule has 4 aromatic rings. The van der Waals surface area contributed by atoms with Crippen LogP contribution in [0.25, 0.3) is 11.1 Å². The molecule has 2 aromatic heterocycles. The summed E-state index contributed by atoms with van der Waals surface area (Å²) in [5.74, 6) is 1.84. The lowest BCUT2D eigenvalue weighted by atomic mass is 10.0. The molecule has 174 valence electrons. The van der Waals surface area contributed by atoms with Gasteiger partial charge in [0.15, 0.2) is 11.5 Å². The van der Waals surface area contributed by atoms with Crippen LogP contribution in [-0.4, -0.2) is 33.7 Å². The molecule has 1 aliphatic rings. The van der Waals surface area contributed by atoms with Gasteiger partial charge >= 0.3 is 0 Å². The molecule has 0 aliphatic carbocycles. The van der Waals surface area contributed by atoms with Gasteiger partial charge in [0.05, 0.1) is 18.5 Å². The van der Waals surface area contributed by atoms with Crippen LogP contribution in [0.5, 0.6) is 11.5 Å². The van der Waals surface area contributed by atoms with Gasteiger partial charge in [-0.15, -0.1) is 0 Å². The maximum Gasteiger partial charge on any atom is 0.272 e. The van der Waals surface area contributed by atoms with Crippen molar-refractivity contribution in [1.82, 2.24) is 14.7 Å². The molecule has 5 rings (SSSR count). The number of fused-ring (bicyclic) bond motifs is 1. The van der Waals surface area contributed by atoms with Crippen molar-refractivity contribution in [2.75, 3.05) is 13.2 Å². The molecule has 34 heavy (non-hydrogen) atoms. The van der Waals surface area contributed by atoms with Crippen LogP contribution >= 0.6 is 11.6 Å². The standard InChI is InChI=1S/C26H24ClN3O4/c1-17-11-23(29(2)28-17)26(31)30-8-10-33-25-20(15-30)12-19(18-5-3-6-21(27)13-18)14-24(25)34-16-22-7-4-9-32-22/h3-7,9,11-14H,8,10,15-16H2,1-2H3. The zero-order valence-corrected chi connectivity index (χ0v) is 19.7. The zero-order chi connectivity index (χ0) is 23.7. The first kappa shape index (κ1) is 22.1. The van der Waals surface area contributed by atoms with E-state index >= 15 is 0 Å². The van der Waals surface area contributed by atoms with Gasteiger partial charge in [-0.1, -0.05) is 23.7 Å². The number of benzene rings is 2. The largest absolute Gasteiger partial charge is 0.487 e. The Morgan fingerprint density at radius 2 is 2.03 bits per heavy atom. The summed E-state index contributed by atoms with van der Waals surface area (Å²) in [7, 11) is 1.78. The lowest BCUT2D eigenvalue weighted by Gasteiger charge is -2.20. The Bertz CT molecular complexity index is 1330. The first-order valence-corrected chi connectivity index (χ1v) is 11.4. The molecule has 7 nitrogen and oxygen atoms in total. The van der Waals surface area contributed by atoms with E-state index in [0.29, 0.717) is 47.7 Å². The molecular formula is C26H24ClN3O4. The summed E-state index contributed by atoms with van der Waals surface area (Å²) in [5.41, 5.74) is 4.07. The van der Waals surface area contributed by atoms with Crippen LogP contribution in [0.4, 0.5) is 0 Å². The Morgan fingerprint density at radius 1 is 1.15 bits per heavy atom. The molecule has 3 heterocycles. The van der Waals surface area contributed by atoms with E-state index in [-0.39, 0.29) is 12.5 Å². The van der Waals surface area contributed by atoms with Crippen molar-refractivity contribution in [3.63, 3.8) is 0 Å². The molecule has 0 bridgehead atoms. The number of aromatic nitrogens is 2. The molecular weight excluding hydrogens is 454 g/mol. The first-order chi connectivity index (χ1) is 16.5. The maximum atomic E-state index is 13.3. The second-order valence-electron chi connectivity index (χ2n) is 8.21. The molecule has 0 saturated carbocycles. The molecule has 1 amide bonds. The van der Waals surface area contributed by atoms with E-state index in [1.807, 2.05) is 55.5 Å². The number of hydrogen-bond donors (Lipinski definition) is 0. The molecule has 0 radical (unpaired) electrons. The number of ether oxygens (including phenoxy) is 2. The van der Waals surface area contributed by atoms with E-state index in [4.69, 9.17) is 25.5 Å². The van der Waals surface area contributed by atoms with Gasteiger partial charge in [-0.2, -0.15) is 5.10 Å². The zero-order valence-electron chi connectivity index (χ0n) is 19.0. The van der Waals surface area contributed by atoms with E-state index in [9.17, 15) is 4.79 Å². The van der Waals surface area contributed by atoms with Gasteiger partial charge < -0.3 is 18.8 Å². The Hall–Kier alpha value is -3.71. The van der Waals surface area contributed by atoms with Crippen molar-refractivity contribution < 1.29 is 18.7 Å². The fourth-order valence-electron chi connectivity index (χ4n) is 4.12. The molecule has 1 aliphatic heterocycles. The molecule has 2 aromatic carbocycles. The lowest BCUT2D eigenvalue weighted by molar-refractivity contribution is 0.0722. The second-order valence-corrected chi connectivity index (χ2v) is 8.65. The highest BCUT2D eigenvalue weighted by Crippen LogP contribution is 2.39. The average molecular weight is 478 g/mol. The van der Waals surface area contributed by atoms with E-state index in [0.717, 1.165) is 22.4 Å². The van der Waals surface area contributed by atoms with Gasteiger partial charge in [0.25, 0.3) is 5.91 Å². The van der Waals surface area contributed by atoms with Crippen molar-refractivity contribution in [2.45, 2.75) is 20.1 Å².